The van der Waals surface area contributed by atoms with E-state index in [1.165, 1.54) is 6.07 Å². The van der Waals surface area contributed by atoms with Gasteiger partial charge in [0.25, 0.3) is 17.4 Å². The van der Waals surface area contributed by atoms with Crippen LogP contribution in [0.1, 0.15) is 58.3 Å². The quantitative estimate of drug-likeness (QED) is 0.0642. The standard InChI is InChI=1S/C38H46ClN13O4/c1-2-27-21-32-33(48-36(27)54)20-26(22-43-32)25-50-16-18-51(19-17-50)28-6-7-30(44-23-28)37(55)41-10-4-3-5-11-42-38(56)31-9-8-29(35(39)47-31)46-34(53)24-40-12-14-52-15-13-45-49-52/h6-9,13,15,20-23,40H,2-5,10-12,14,16-19,24-25H2,1H3,(H,41,55)(H,42,56)(H,46,53)(H,48,54). The van der Waals surface area contributed by atoms with Crippen LogP contribution in [0.4, 0.5) is 11.4 Å². The average Bonchev–Trinajstić information content (AvgIpc) is 3.73. The number of halogens is 1. The van der Waals surface area contributed by atoms with Gasteiger partial charge in [-0.25, -0.2) is 9.97 Å². The Labute approximate surface area is 328 Å². The molecular weight excluding hydrogens is 738 g/mol. The number of rotatable bonds is 18. The molecule has 1 aliphatic rings. The smallest absolute Gasteiger partial charge is 0.269 e. The number of H-pyrrole nitrogens is 1. The van der Waals surface area contributed by atoms with E-state index in [9.17, 15) is 19.2 Å². The lowest BCUT2D eigenvalue weighted by Gasteiger charge is -2.36. The van der Waals surface area contributed by atoms with E-state index in [2.05, 4.69) is 61.3 Å². The Bertz CT molecular complexity index is 2150. The second-order valence-corrected chi connectivity index (χ2v) is 13.8. The molecule has 5 aromatic rings. The summed E-state index contributed by atoms with van der Waals surface area (Å²) in [5, 5.41) is 19.0. The first kappa shape index (κ1) is 39.9. The summed E-state index contributed by atoms with van der Waals surface area (Å²) in [6, 6.07) is 10.6. The maximum Gasteiger partial charge on any atom is 0.269 e. The van der Waals surface area contributed by atoms with Gasteiger partial charge in [-0.05, 0) is 67.6 Å². The van der Waals surface area contributed by atoms with E-state index < -0.39 is 0 Å². The van der Waals surface area contributed by atoms with Gasteiger partial charge in [-0.1, -0.05) is 23.7 Å². The highest BCUT2D eigenvalue weighted by atomic mass is 35.5. The molecule has 0 atom stereocenters. The molecule has 0 saturated carbocycles. The number of aryl methyl sites for hydroxylation is 1. The number of amides is 3. The normalized spacial score (nSPS) is 13.1. The van der Waals surface area contributed by atoms with Crippen LogP contribution in [-0.4, -0.2) is 110 Å². The lowest BCUT2D eigenvalue weighted by atomic mass is 10.1. The Morgan fingerprint density at radius 3 is 2.36 bits per heavy atom. The summed E-state index contributed by atoms with van der Waals surface area (Å²) in [6.45, 7) is 8.19. The molecule has 0 unspecified atom stereocenters. The number of fused-ring (bicyclic) bond motifs is 1. The molecule has 0 aliphatic carbocycles. The SMILES string of the molecule is CCc1cc2ncc(CN3CCN(c4ccc(C(=O)NCCCCCNC(=O)c5ccc(NC(=O)CNCCn6ccnn6)c(Cl)n5)nc4)CC3)cc2[nH]c1=O. The summed E-state index contributed by atoms with van der Waals surface area (Å²) >= 11 is 6.23. The third kappa shape index (κ3) is 11.1. The molecule has 6 rings (SSSR count). The van der Waals surface area contributed by atoms with E-state index in [1.807, 2.05) is 31.3 Å². The van der Waals surface area contributed by atoms with Gasteiger partial charge in [-0.15, -0.1) is 5.10 Å². The van der Waals surface area contributed by atoms with E-state index in [0.29, 0.717) is 50.4 Å². The number of unbranched alkanes of at least 4 members (excludes halogenated alkanes) is 2. The summed E-state index contributed by atoms with van der Waals surface area (Å²) in [5.74, 6) is -0.892. The van der Waals surface area contributed by atoms with Crippen LogP contribution in [0.2, 0.25) is 5.15 Å². The van der Waals surface area contributed by atoms with Crippen molar-refractivity contribution in [2.45, 2.75) is 45.7 Å². The first-order valence-electron chi connectivity index (χ1n) is 18.8. The van der Waals surface area contributed by atoms with Crippen molar-refractivity contribution < 1.29 is 14.4 Å². The minimum atomic E-state index is -0.368. The number of nitrogens with one attached hydrogen (secondary N) is 5. The monoisotopic (exact) mass is 783 g/mol. The van der Waals surface area contributed by atoms with Crippen molar-refractivity contribution in [1.82, 2.24) is 55.8 Å². The highest BCUT2D eigenvalue weighted by Crippen LogP contribution is 2.20. The molecule has 5 aromatic heterocycles. The molecule has 0 aromatic carbocycles. The zero-order valence-electron chi connectivity index (χ0n) is 31.3. The first-order chi connectivity index (χ1) is 27.2. The molecule has 6 heterocycles. The Hall–Kier alpha value is -5.78. The maximum atomic E-state index is 12.7. The van der Waals surface area contributed by atoms with E-state index in [4.69, 9.17) is 11.6 Å². The second kappa shape index (κ2) is 19.7. The Balaban J connectivity index is 0.828. The number of aromatic amines is 1. The van der Waals surface area contributed by atoms with Gasteiger partial charge in [0.2, 0.25) is 5.91 Å². The van der Waals surface area contributed by atoms with Crippen LogP contribution >= 0.6 is 11.6 Å². The minimum Gasteiger partial charge on any atom is -0.368 e. The van der Waals surface area contributed by atoms with Crippen LogP contribution in [0.3, 0.4) is 0 Å². The Morgan fingerprint density at radius 1 is 0.893 bits per heavy atom. The number of nitrogens with zero attached hydrogens (tertiary/aromatic N) is 8. The van der Waals surface area contributed by atoms with E-state index >= 15 is 0 Å². The molecule has 0 radical (unpaired) electrons. The number of hydrogen-bond acceptors (Lipinski definition) is 12. The van der Waals surface area contributed by atoms with Crippen LogP contribution in [0, 0.1) is 0 Å². The summed E-state index contributed by atoms with van der Waals surface area (Å²) < 4.78 is 1.65. The molecule has 1 fully saturated rings. The predicted molar refractivity (Wildman–Crippen MR) is 213 cm³/mol. The summed E-state index contributed by atoms with van der Waals surface area (Å²) in [6.07, 6.45) is 9.87. The largest absolute Gasteiger partial charge is 0.368 e. The molecule has 3 amide bonds. The summed E-state index contributed by atoms with van der Waals surface area (Å²) in [5.41, 5.74) is 5.09. The first-order valence-corrected chi connectivity index (χ1v) is 19.2. The van der Waals surface area contributed by atoms with Crippen molar-refractivity contribution in [3.8, 4) is 0 Å². The van der Waals surface area contributed by atoms with Gasteiger partial charge in [0.1, 0.15) is 11.4 Å². The van der Waals surface area contributed by atoms with Gasteiger partial charge >= 0.3 is 0 Å². The topological polar surface area (TPSA) is 208 Å². The van der Waals surface area contributed by atoms with Crippen LogP contribution in [0.5, 0.6) is 0 Å². The van der Waals surface area contributed by atoms with Crippen molar-refractivity contribution in [1.29, 1.82) is 0 Å². The highest BCUT2D eigenvalue weighted by molar-refractivity contribution is 6.32. The number of piperazine rings is 1. The molecule has 5 N–H and O–H groups in total. The number of anilines is 2. The average molecular weight is 784 g/mol. The van der Waals surface area contributed by atoms with Crippen molar-refractivity contribution in [3.63, 3.8) is 0 Å². The van der Waals surface area contributed by atoms with E-state index in [-0.39, 0.29) is 40.7 Å². The third-order valence-electron chi connectivity index (χ3n) is 9.39. The van der Waals surface area contributed by atoms with Gasteiger partial charge in [0, 0.05) is 70.3 Å². The molecule has 18 heteroatoms. The fourth-order valence-electron chi connectivity index (χ4n) is 6.25. The Kier molecular flexibility index (Phi) is 14.0. The lowest BCUT2D eigenvalue weighted by Crippen LogP contribution is -2.46. The molecular formula is C38H46ClN13O4. The summed E-state index contributed by atoms with van der Waals surface area (Å²) in [7, 11) is 0. The highest BCUT2D eigenvalue weighted by Gasteiger charge is 2.19. The fourth-order valence-corrected chi connectivity index (χ4v) is 6.45. The number of hydrogen-bond donors (Lipinski definition) is 5. The number of pyridine rings is 4. The van der Waals surface area contributed by atoms with Gasteiger partial charge in [-0.2, -0.15) is 0 Å². The lowest BCUT2D eigenvalue weighted by molar-refractivity contribution is -0.115. The zero-order chi connectivity index (χ0) is 39.3. The minimum absolute atomic E-state index is 0.0186. The van der Waals surface area contributed by atoms with Crippen molar-refractivity contribution in [2.24, 2.45) is 0 Å². The maximum absolute atomic E-state index is 12.7. The number of carbonyl (C=O) groups is 3. The van der Waals surface area contributed by atoms with E-state index in [1.54, 1.807) is 35.4 Å². The van der Waals surface area contributed by atoms with E-state index in [0.717, 1.165) is 73.4 Å². The van der Waals surface area contributed by atoms with Crippen molar-refractivity contribution >= 4 is 51.7 Å². The molecule has 1 saturated heterocycles. The predicted octanol–water partition coefficient (Wildman–Crippen LogP) is 2.40. The van der Waals surface area contributed by atoms with Gasteiger partial charge in [0.15, 0.2) is 5.15 Å². The third-order valence-corrected chi connectivity index (χ3v) is 9.67. The van der Waals surface area contributed by atoms with Crippen molar-refractivity contribution in [2.75, 3.05) is 62.6 Å². The van der Waals surface area contributed by atoms with Gasteiger partial charge in [0.05, 0.1) is 47.9 Å². The van der Waals surface area contributed by atoms with Gasteiger partial charge in [-0.3, -0.25) is 33.7 Å². The van der Waals surface area contributed by atoms with Crippen molar-refractivity contribution in [3.05, 3.63) is 99.2 Å². The van der Waals surface area contributed by atoms with Gasteiger partial charge < -0.3 is 31.2 Å². The molecule has 0 bridgehead atoms. The van der Waals surface area contributed by atoms with Crippen LogP contribution in [0.15, 0.2) is 66.0 Å². The second-order valence-electron chi connectivity index (χ2n) is 13.4. The molecule has 294 valence electrons. The Morgan fingerprint density at radius 2 is 1.66 bits per heavy atom. The number of carbonyl (C=O) groups excluding carboxylic acids is 3. The molecule has 17 nitrogen and oxygen atoms in total. The number of aromatic nitrogens is 7. The van der Waals surface area contributed by atoms with Crippen LogP contribution in [-0.2, 0) is 24.3 Å². The van der Waals surface area contributed by atoms with Crippen LogP contribution < -0.4 is 31.7 Å². The molecule has 56 heavy (non-hydrogen) atoms. The van der Waals surface area contributed by atoms with Crippen LogP contribution in [0.25, 0.3) is 11.0 Å². The molecule has 0 spiro atoms. The summed E-state index contributed by atoms with van der Waals surface area (Å²) in [4.78, 5) is 70.5. The molecule has 1 aliphatic heterocycles. The fraction of sp³-hybridized carbons (Fsp3) is 0.395. The zero-order valence-corrected chi connectivity index (χ0v) is 32.0.